The molecule has 1 aromatic heterocycles. The van der Waals surface area contributed by atoms with E-state index >= 15 is 0 Å². The van der Waals surface area contributed by atoms with Crippen LogP contribution < -0.4 is 0 Å². The van der Waals surface area contributed by atoms with Gasteiger partial charge in [0, 0.05) is 10.6 Å². The lowest BCUT2D eigenvalue weighted by molar-refractivity contribution is 0.0533. The predicted octanol–water partition coefficient (Wildman–Crippen LogP) is 3.08. The summed E-state index contributed by atoms with van der Waals surface area (Å²) < 4.78 is 4.98. The van der Waals surface area contributed by atoms with E-state index in [2.05, 4.69) is 4.98 Å². The fourth-order valence-corrected chi connectivity index (χ4v) is 2.59. The number of hydrogen-bond donors (Lipinski definition) is 1. The second kappa shape index (κ2) is 4.86. The SMILES string of the molecule is Cc1nc2c(c(-c3ccc(Cl)cc3)c1C(=O)O)C(=O)OC2. The Bertz CT molecular complexity index is 764. The molecular weight excluding hydrogens is 294 g/mol. The van der Waals surface area contributed by atoms with Gasteiger partial charge in [-0.05, 0) is 24.6 Å². The first kappa shape index (κ1) is 13.6. The zero-order valence-electron chi connectivity index (χ0n) is 11.0. The molecule has 0 saturated carbocycles. The third kappa shape index (κ3) is 2.15. The molecule has 0 aliphatic carbocycles. The molecule has 0 bridgehead atoms. The summed E-state index contributed by atoms with van der Waals surface area (Å²) in [6.07, 6.45) is 0. The van der Waals surface area contributed by atoms with Crippen molar-refractivity contribution in [3.8, 4) is 11.1 Å². The number of aryl methyl sites for hydroxylation is 1. The van der Waals surface area contributed by atoms with Crippen LogP contribution >= 0.6 is 11.6 Å². The molecule has 21 heavy (non-hydrogen) atoms. The summed E-state index contributed by atoms with van der Waals surface area (Å²) >= 11 is 5.86. The van der Waals surface area contributed by atoms with E-state index in [-0.39, 0.29) is 17.7 Å². The van der Waals surface area contributed by atoms with E-state index in [1.165, 1.54) is 0 Å². The molecule has 1 aliphatic heterocycles. The number of benzene rings is 1. The third-order valence-electron chi connectivity index (χ3n) is 3.34. The average molecular weight is 304 g/mol. The van der Waals surface area contributed by atoms with Gasteiger partial charge in [0.05, 0.1) is 22.5 Å². The standard InChI is InChI=1S/C15H10ClNO4/c1-7-11(14(18)19)12(8-2-4-9(16)5-3-8)13-10(17-7)6-21-15(13)20/h2-5H,6H2,1H3,(H,18,19). The van der Waals surface area contributed by atoms with Gasteiger partial charge >= 0.3 is 11.9 Å². The number of nitrogens with zero attached hydrogens (tertiary/aromatic N) is 1. The van der Waals surface area contributed by atoms with Gasteiger partial charge in [-0.2, -0.15) is 0 Å². The average Bonchev–Trinajstić information content (AvgIpc) is 2.79. The molecule has 1 N–H and O–H groups in total. The molecule has 2 aromatic rings. The Kier molecular flexibility index (Phi) is 3.14. The summed E-state index contributed by atoms with van der Waals surface area (Å²) in [7, 11) is 0. The van der Waals surface area contributed by atoms with E-state index in [4.69, 9.17) is 16.3 Å². The molecule has 5 nitrogen and oxygen atoms in total. The number of pyridine rings is 1. The van der Waals surface area contributed by atoms with Crippen LogP contribution in [0.25, 0.3) is 11.1 Å². The van der Waals surface area contributed by atoms with E-state index in [1.807, 2.05) is 0 Å². The van der Waals surface area contributed by atoms with E-state index in [1.54, 1.807) is 31.2 Å². The van der Waals surface area contributed by atoms with Crippen LogP contribution in [-0.2, 0) is 11.3 Å². The number of esters is 1. The molecule has 0 atom stereocenters. The number of ether oxygens (including phenoxy) is 1. The van der Waals surface area contributed by atoms with Crippen molar-refractivity contribution in [2.24, 2.45) is 0 Å². The molecule has 1 aromatic carbocycles. The van der Waals surface area contributed by atoms with Gasteiger partial charge < -0.3 is 9.84 Å². The summed E-state index contributed by atoms with van der Waals surface area (Å²) in [6.45, 7) is 1.67. The Hall–Kier alpha value is -2.40. The number of carboxylic acid groups (broad SMARTS) is 1. The lowest BCUT2D eigenvalue weighted by atomic mass is 9.93. The highest BCUT2D eigenvalue weighted by molar-refractivity contribution is 6.30. The van der Waals surface area contributed by atoms with Crippen LogP contribution in [0.2, 0.25) is 5.02 Å². The molecule has 0 unspecified atom stereocenters. The lowest BCUT2D eigenvalue weighted by Crippen LogP contribution is -2.10. The van der Waals surface area contributed by atoms with Crippen molar-refractivity contribution in [1.82, 2.24) is 4.98 Å². The maximum atomic E-state index is 11.9. The predicted molar refractivity (Wildman–Crippen MR) is 75.5 cm³/mol. The van der Waals surface area contributed by atoms with Crippen molar-refractivity contribution in [2.75, 3.05) is 0 Å². The number of hydrogen-bond acceptors (Lipinski definition) is 4. The number of rotatable bonds is 2. The highest BCUT2D eigenvalue weighted by Crippen LogP contribution is 2.35. The minimum absolute atomic E-state index is 0.00919. The molecule has 3 rings (SSSR count). The molecule has 106 valence electrons. The van der Waals surface area contributed by atoms with Crippen LogP contribution in [0, 0.1) is 6.92 Å². The number of cyclic esters (lactones) is 1. The number of aromatic nitrogens is 1. The molecule has 0 radical (unpaired) electrons. The second-order valence-electron chi connectivity index (χ2n) is 4.66. The van der Waals surface area contributed by atoms with Crippen molar-refractivity contribution in [3.63, 3.8) is 0 Å². The van der Waals surface area contributed by atoms with E-state index in [9.17, 15) is 14.7 Å². The summed E-state index contributed by atoms with van der Waals surface area (Å²) in [5.41, 5.74) is 1.98. The Labute approximate surface area is 125 Å². The van der Waals surface area contributed by atoms with Gasteiger partial charge in [-0.1, -0.05) is 23.7 Å². The Morgan fingerprint density at radius 3 is 2.57 bits per heavy atom. The number of halogens is 1. The third-order valence-corrected chi connectivity index (χ3v) is 3.60. The molecule has 0 fully saturated rings. The number of carboxylic acids is 1. The zero-order valence-corrected chi connectivity index (χ0v) is 11.8. The first-order valence-corrected chi connectivity index (χ1v) is 6.56. The molecule has 1 aliphatic rings. The summed E-state index contributed by atoms with van der Waals surface area (Å²) in [6, 6.07) is 6.64. The highest BCUT2D eigenvalue weighted by Gasteiger charge is 2.32. The maximum absolute atomic E-state index is 11.9. The number of fused-ring (bicyclic) bond motifs is 1. The van der Waals surface area contributed by atoms with Crippen LogP contribution in [0.3, 0.4) is 0 Å². The van der Waals surface area contributed by atoms with Crippen molar-refractivity contribution >= 4 is 23.5 Å². The van der Waals surface area contributed by atoms with Crippen molar-refractivity contribution in [1.29, 1.82) is 0 Å². The Morgan fingerprint density at radius 1 is 1.29 bits per heavy atom. The van der Waals surface area contributed by atoms with Crippen molar-refractivity contribution in [3.05, 3.63) is 51.8 Å². The minimum atomic E-state index is -1.13. The summed E-state index contributed by atoms with van der Waals surface area (Å²) in [4.78, 5) is 27.7. The van der Waals surface area contributed by atoms with Gasteiger partial charge in [-0.3, -0.25) is 4.98 Å². The fourth-order valence-electron chi connectivity index (χ4n) is 2.46. The van der Waals surface area contributed by atoms with Gasteiger partial charge in [0.25, 0.3) is 0 Å². The van der Waals surface area contributed by atoms with Gasteiger partial charge in [0.2, 0.25) is 0 Å². The van der Waals surface area contributed by atoms with Crippen LogP contribution in [-0.4, -0.2) is 22.0 Å². The first-order valence-electron chi connectivity index (χ1n) is 6.19. The van der Waals surface area contributed by atoms with Gasteiger partial charge in [-0.15, -0.1) is 0 Å². The second-order valence-corrected chi connectivity index (χ2v) is 5.09. The molecule has 0 saturated heterocycles. The smallest absolute Gasteiger partial charge is 0.341 e. The van der Waals surface area contributed by atoms with Crippen molar-refractivity contribution in [2.45, 2.75) is 13.5 Å². The number of carbonyl (C=O) groups excluding carboxylic acids is 1. The molecule has 6 heteroatoms. The van der Waals surface area contributed by atoms with Crippen LogP contribution in [0.5, 0.6) is 0 Å². The fraction of sp³-hybridized carbons (Fsp3) is 0.133. The monoisotopic (exact) mass is 303 g/mol. The van der Waals surface area contributed by atoms with E-state index < -0.39 is 11.9 Å². The molecule has 0 amide bonds. The highest BCUT2D eigenvalue weighted by atomic mass is 35.5. The summed E-state index contributed by atoms with van der Waals surface area (Å²) in [5, 5.41) is 9.99. The minimum Gasteiger partial charge on any atom is -0.478 e. The van der Waals surface area contributed by atoms with Crippen LogP contribution in [0.15, 0.2) is 24.3 Å². The molecule has 0 spiro atoms. The van der Waals surface area contributed by atoms with E-state index in [0.29, 0.717) is 27.5 Å². The molecular formula is C15H10ClNO4. The Balaban J connectivity index is 2.38. The zero-order chi connectivity index (χ0) is 15.1. The largest absolute Gasteiger partial charge is 0.478 e. The van der Waals surface area contributed by atoms with Gasteiger partial charge in [0.1, 0.15) is 6.61 Å². The van der Waals surface area contributed by atoms with Crippen LogP contribution in [0.1, 0.15) is 32.1 Å². The van der Waals surface area contributed by atoms with Crippen molar-refractivity contribution < 1.29 is 19.4 Å². The lowest BCUT2D eigenvalue weighted by Gasteiger charge is -2.12. The van der Waals surface area contributed by atoms with Gasteiger partial charge in [0.15, 0.2) is 0 Å². The topological polar surface area (TPSA) is 76.5 Å². The van der Waals surface area contributed by atoms with Gasteiger partial charge in [-0.25, -0.2) is 9.59 Å². The number of carbonyl (C=O) groups is 2. The quantitative estimate of drug-likeness (QED) is 0.863. The maximum Gasteiger partial charge on any atom is 0.341 e. The molecule has 2 heterocycles. The number of aromatic carboxylic acids is 1. The normalized spacial score (nSPS) is 13.0. The Morgan fingerprint density at radius 2 is 1.95 bits per heavy atom. The van der Waals surface area contributed by atoms with E-state index in [0.717, 1.165) is 0 Å². The first-order chi connectivity index (χ1) is 9.99. The van der Waals surface area contributed by atoms with Crippen LogP contribution in [0.4, 0.5) is 0 Å². The summed E-state index contributed by atoms with van der Waals surface area (Å²) in [5.74, 6) is -1.68.